The largest absolute Gasteiger partial charge is 0.451 e. The number of rotatable bonds is 1. The number of hydrogen-bond donors (Lipinski definition) is 1. The molecule has 1 N–H and O–H groups in total. The van der Waals surface area contributed by atoms with Crippen LogP contribution in [0.4, 0.5) is 0 Å². The molecule has 1 aliphatic rings. The lowest BCUT2D eigenvalue weighted by molar-refractivity contribution is -0.136. The van der Waals surface area contributed by atoms with Crippen LogP contribution in [0.15, 0.2) is 18.3 Å². The summed E-state index contributed by atoms with van der Waals surface area (Å²) in [7, 11) is 1.99. The number of aromatic nitrogens is 1. The molecule has 0 saturated carbocycles. The fourth-order valence-electron chi connectivity index (χ4n) is 2.43. The van der Waals surface area contributed by atoms with E-state index in [0.717, 1.165) is 12.0 Å². The van der Waals surface area contributed by atoms with Crippen LogP contribution in [0, 0.1) is 5.92 Å². The zero-order valence-electron chi connectivity index (χ0n) is 9.67. The molecular formula is C12H16NO3P. The quantitative estimate of drug-likeness (QED) is 0.614. The second-order valence-corrected chi connectivity index (χ2v) is 4.70. The van der Waals surface area contributed by atoms with E-state index in [1.54, 1.807) is 12.3 Å². The minimum Gasteiger partial charge on any atom is -0.451 e. The van der Waals surface area contributed by atoms with E-state index in [-0.39, 0.29) is 17.8 Å². The first kappa shape index (κ1) is 12.5. The van der Waals surface area contributed by atoms with Crippen LogP contribution in [0.25, 0.3) is 0 Å². The van der Waals surface area contributed by atoms with Crippen LogP contribution >= 0.6 is 9.47 Å². The minimum absolute atomic E-state index is 0.142. The Morgan fingerprint density at radius 1 is 1.59 bits per heavy atom. The van der Waals surface area contributed by atoms with Crippen LogP contribution in [0.5, 0.6) is 0 Å². The first-order valence-electron chi connectivity index (χ1n) is 5.68. The molecule has 1 aromatic heterocycles. The van der Waals surface area contributed by atoms with Gasteiger partial charge in [0, 0.05) is 6.20 Å². The minimum atomic E-state index is -0.587. The molecule has 2 rings (SSSR count). The highest BCUT2D eigenvalue weighted by Gasteiger charge is 2.34. The first-order chi connectivity index (χ1) is 8.15. The Balaban J connectivity index is 2.49. The van der Waals surface area contributed by atoms with Crippen molar-refractivity contribution < 1.29 is 14.4 Å². The van der Waals surface area contributed by atoms with Crippen molar-refractivity contribution in [3.63, 3.8) is 0 Å². The van der Waals surface area contributed by atoms with Gasteiger partial charge in [-0.3, -0.25) is 9.78 Å². The predicted molar refractivity (Wildman–Crippen MR) is 66.1 cm³/mol. The molecule has 4 unspecified atom stereocenters. The summed E-state index contributed by atoms with van der Waals surface area (Å²) in [5, 5.41) is 10.0. The molecule has 4 nitrogen and oxygen atoms in total. The van der Waals surface area contributed by atoms with E-state index >= 15 is 0 Å². The predicted octanol–water partition coefficient (Wildman–Crippen LogP) is 1.96. The second kappa shape index (κ2) is 5.11. The highest BCUT2D eigenvalue weighted by Crippen LogP contribution is 2.38. The summed E-state index contributed by atoms with van der Waals surface area (Å²) in [5.41, 5.74) is 1.40. The fraction of sp³-hybridized carbons (Fsp3) is 0.500. The molecule has 0 spiro atoms. The third-order valence-electron chi connectivity index (χ3n) is 3.36. The van der Waals surface area contributed by atoms with Gasteiger partial charge in [0.2, 0.25) is 0 Å². The zero-order chi connectivity index (χ0) is 12.4. The molecule has 17 heavy (non-hydrogen) atoms. The second-order valence-electron chi connectivity index (χ2n) is 4.46. The van der Waals surface area contributed by atoms with Gasteiger partial charge in [-0.1, -0.05) is 13.0 Å². The summed E-state index contributed by atoms with van der Waals surface area (Å²) >= 11 is 0. The van der Waals surface area contributed by atoms with Gasteiger partial charge in [0.25, 0.3) is 0 Å². The summed E-state index contributed by atoms with van der Waals surface area (Å²) in [4.78, 5) is 16.0. The molecule has 5 heteroatoms. The smallest absolute Gasteiger partial charge is 0.315 e. The summed E-state index contributed by atoms with van der Waals surface area (Å²) in [6, 6.07) is 3.63. The van der Waals surface area contributed by atoms with Crippen molar-refractivity contribution in [1.29, 1.82) is 0 Å². The summed E-state index contributed by atoms with van der Waals surface area (Å²) < 4.78 is 4.78. The van der Waals surface area contributed by atoms with E-state index in [0.29, 0.717) is 12.1 Å². The van der Waals surface area contributed by atoms with Crippen LogP contribution in [0.3, 0.4) is 0 Å². The van der Waals surface area contributed by atoms with Crippen LogP contribution in [-0.2, 0) is 9.32 Å². The summed E-state index contributed by atoms with van der Waals surface area (Å²) in [5.74, 6) is -0.484. The SMILES string of the molecule is CC1CCC(O)c2ncccc2C1C(=O)OP. The van der Waals surface area contributed by atoms with E-state index in [9.17, 15) is 9.90 Å². The Morgan fingerprint density at radius 3 is 3.06 bits per heavy atom. The molecule has 1 heterocycles. The molecule has 0 radical (unpaired) electrons. The average molecular weight is 253 g/mol. The van der Waals surface area contributed by atoms with Gasteiger partial charge in [0.15, 0.2) is 0 Å². The number of nitrogens with zero attached hydrogens (tertiary/aromatic N) is 1. The Kier molecular flexibility index (Phi) is 3.75. The Hall–Kier alpha value is -0.990. The molecule has 0 saturated heterocycles. The number of carbonyl (C=O) groups excluding carboxylic acids is 1. The number of aliphatic hydroxyl groups is 1. The van der Waals surface area contributed by atoms with Gasteiger partial charge in [0.05, 0.1) is 27.2 Å². The molecule has 4 atom stereocenters. The number of carbonyl (C=O) groups is 1. The monoisotopic (exact) mass is 253 g/mol. The average Bonchev–Trinajstić information content (AvgIpc) is 2.47. The van der Waals surface area contributed by atoms with Crippen LogP contribution in [0.2, 0.25) is 0 Å². The van der Waals surface area contributed by atoms with Crippen molar-refractivity contribution in [3.05, 3.63) is 29.6 Å². The maximum absolute atomic E-state index is 11.8. The van der Waals surface area contributed by atoms with Crippen molar-refractivity contribution in [2.75, 3.05) is 0 Å². The van der Waals surface area contributed by atoms with Crippen molar-refractivity contribution >= 4 is 15.4 Å². The summed E-state index contributed by atoms with van der Waals surface area (Å²) in [6.45, 7) is 2.00. The first-order valence-corrected chi connectivity index (χ1v) is 6.15. The molecule has 0 bridgehead atoms. The lowest BCUT2D eigenvalue weighted by Crippen LogP contribution is -2.20. The third kappa shape index (κ3) is 2.33. The number of pyridine rings is 1. The third-order valence-corrected chi connectivity index (χ3v) is 3.59. The normalized spacial score (nSPS) is 28.1. The van der Waals surface area contributed by atoms with Crippen LogP contribution in [-0.4, -0.2) is 16.1 Å². The van der Waals surface area contributed by atoms with E-state index in [2.05, 4.69) is 4.98 Å². The standard InChI is InChI=1S/C12H16NO3P/c1-7-4-5-9(14)11-8(3-2-6-13-11)10(7)12(15)16-17/h2-3,6-7,9-10,14H,4-5,17H2,1H3. The lowest BCUT2D eigenvalue weighted by atomic mass is 9.86. The lowest BCUT2D eigenvalue weighted by Gasteiger charge is -2.20. The van der Waals surface area contributed by atoms with Gasteiger partial charge in [-0.2, -0.15) is 0 Å². The molecule has 0 aliphatic heterocycles. The maximum atomic E-state index is 11.8. The van der Waals surface area contributed by atoms with Crippen molar-refractivity contribution in [2.45, 2.75) is 31.8 Å². The van der Waals surface area contributed by atoms with E-state index < -0.39 is 6.10 Å². The van der Waals surface area contributed by atoms with E-state index in [1.807, 2.05) is 22.5 Å². The van der Waals surface area contributed by atoms with Gasteiger partial charge >= 0.3 is 5.97 Å². The van der Waals surface area contributed by atoms with Gasteiger partial charge in [-0.05, 0) is 30.4 Å². The number of hydrogen-bond acceptors (Lipinski definition) is 4. The highest BCUT2D eigenvalue weighted by atomic mass is 31.0. The zero-order valence-corrected chi connectivity index (χ0v) is 10.8. The maximum Gasteiger partial charge on any atom is 0.315 e. The van der Waals surface area contributed by atoms with Gasteiger partial charge in [-0.15, -0.1) is 0 Å². The van der Waals surface area contributed by atoms with E-state index in [4.69, 9.17) is 4.52 Å². The van der Waals surface area contributed by atoms with Crippen LogP contribution < -0.4 is 0 Å². The Labute approximate surface area is 103 Å². The van der Waals surface area contributed by atoms with E-state index in [1.165, 1.54) is 0 Å². The van der Waals surface area contributed by atoms with Gasteiger partial charge in [-0.25, -0.2) is 0 Å². The summed E-state index contributed by atoms with van der Waals surface area (Å²) in [6.07, 6.45) is 2.46. The van der Waals surface area contributed by atoms with Crippen molar-refractivity contribution in [1.82, 2.24) is 4.98 Å². The Morgan fingerprint density at radius 2 is 2.35 bits per heavy atom. The molecule has 92 valence electrons. The number of fused-ring (bicyclic) bond motifs is 1. The molecule has 1 aliphatic carbocycles. The molecule has 1 aromatic rings. The molecule has 0 amide bonds. The Bertz CT molecular complexity index is 424. The highest BCUT2D eigenvalue weighted by molar-refractivity contribution is 7.10. The van der Waals surface area contributed by atoms with Crippen molar-refractivity contribution in [3.8, 4) is 0 Å². The van der Waals surface area contributed by atoms with Crippen LogP contribution in [0.1, 0.15) is 43.0 Å². The molecule has 0 aromatic carbocycles. The number of aliphatic hydroxyl groups excluding tert-OH is 1. The fourth-order valence-corrected chi connectivity index (χ4v) is 2.58. The topological polar surface area (TPSA) is 59.4 Å². The van der Waals surface area contributed by atoms with Gasteiger partial charge < -0.3 is 9.63 Å². The molecule has 0 fully saturated rings. The molecular weight excluding hydrogens is 237 g/mol. The van der Waals surface area contributed by atoms with Gasteiger partial charge in [0.1, 0.15) is 0 Å². The van der Waals surface area contributed by atoms with Crippen molar-refractivity contribution in [2.24, 2.45) is 5.92 Å².